The molecular formula is C11H8BrN3O. The quantitative estimate of drug-likeness (QED) is 0.718. The summed E-state index contributed by atoms with van der Waals surface area (Å²) < 4.78 is 6.15. The zero-order chi connectivity index (χ0) is 11.1. The van der Waals surface area contributed by atoms with Crippen LogP contribution in [0.5, 0.6) is 0 Å². The van der Waals surface area contributed by atoms with Crippen LogP contribution in [-0.2, 0) is 0 Å². The maximum atomic E-state index is 5.79. The molecule has 0 aliphatic heterocycles. The van der Waals surface area contributed by atoms with E-state index in [9.17, 15) is 0 Å². The van der Waals surface area contributed by atoms with Crippen molar-refractivity contribution >= 4 is 32.5 Å². The van der Waals surface area contributed by atoms with Gasteiger partial charge in [0.05, 0.1) is 6.20 Å². The molecular weight excluding hydrogens is 270 g/mol. The monoisotopic (exact) mass is 277 g/mol. The van der Waals surface area contributed by atoms with Crippen molar-refractivity contribution in [2.24, 2.45) is 0 Å². The molecule has 0 amide bonds. The number of fused-ring (bicyclic) bond motifs is 1. The summed E-state index contributed by atoms with van der Waals surface area (Å²) in [5.74, 6) is 0.596. The largest absolute Gasteiger partial charge is 0.394 e. The minimum absolute atomic E-state index is 0.539. The van der Waals surface area contributed by atoms with E-state index in [4.69, 9.17) is 10.3 Å². The predicted octanol–water partition coefficient (Wildman–Crippen LogP) is 3.17. The van der Waals surface area contributed by atoms with E-state index in [0.29, 0.717) is 11.4 Å². The van der Waals surface area contributed by atoms with Crippen molar-refractivity contribution in [2.45, 2.75) is 0 Å². The van der Waals surface area contributed by atoms with Gasteiger partial charge < -0.3 is 15.2 Å². The number of hydrogen-bond acceptors (Lipinski definition) is 3. The number of nitrogens with zero attached hydrogens (tertiary/aromatic N) is 1. The van der Waals surface area contributed by atoms with Crippen LogP contribution >= 0.6 is 15.9 Å². The number of nitrogen functional groups attached to an aromatic ring is 1. The normalized spacial score (nSPS) is 11.1. The highest BCUT2D eigenvalue weighted by Crippen LogP contribution is 2.36. The van der Waals surface area contributed by atoms with E-state index in [2.05, 4.69) is 26.1 Å². The topological polar surface area (TPSA) is 67.8 Å². The van der Waals surface area contributed by atoms with Crippen LogP contribution < -0.4 is 5.73 Å². The Kier molecular flexibility index (Phi) is 2.00. The molecule has 0 aliphatic rings. The molecule has 3 aromatic rings. The summed E-state index contributed by atoms with van der Waals surface area (Å²) in [7, 11) is 0. The van der Waals surface area contributed by atoms with Gasteiger partial charge in [-0.25, -0.2) is 0 Å². The molecule has 0 atom stereocenters. The first-order valence-corrected chi connectivity index (χ1v) is 5.53. The van der Waals surface area contributed by atoms with Crippen molar-refractivity contribution in [3.05, 3.63) is 35.1 Å². The zero-order valence-electron chi connectivity index (χ0n) is 8.20. The average Bonchev–Trinajstić information content (AvgIpc) is 2.84. The Balaban J connectivity index is 2.37. The molecule has 2 heterocycles. The van der Waals surface area contributed by atoms with Crippen molar-refractivity contribution in [3.8, 4) is 11.3 Å². The van der Waals surface area contributed by atoms with Crippen LogP contribution in [-0.4, -0.2) is 10.1 Å². The first kappa shape index (κ1) is 9.47. The van der Waals surface area contributed by atoms with Crippen LogP contribution in [0.15, 0.2) is 39.6 Å². The SMILES string of the molecule is Nc1cnoc1-c1c[nH]c2cccc(Br)c12. The third-order valence-corrected chi connectivity index (χ3v) is 3.16. The molecule has 4 nitrogen and oxygen atoms in total. The third-order valence-electron chi connectivity index (χ3n) is 2.50. The van der Waals surface area contributed by atoms with E-state index < -0.39 is 0 Å². The first-order chi connectivity index (χ1) is 7.77. The Morgan fingerprint density at radius 3 is 3.00 bits per heavy atom. The molecule has 0 radical (unpaired) electrons. The summed E-state index contributed by atoms with van der Waals surface area (Å²) in [5.41, 5.74) is 8.27. The highest BCUT2D eigenvalue weighted by atomic mass is 79.9. The fraction of sp³-hybridized carbons (Fsp3) is 0. The highest BCUT2D eigenvalue weighted by molar-refractivity contribution is 9.10. The summed E-state index contributed by atoms with van der Waals surface area (Å²) >= 11 is 3.51. The Morgan fingerprint density at radius 2 is 2.25 bits per heavy atom. The Labute approximate surface area is 99.6 Å². The van der Waals surface area contributed by atoms with E-state index in [1.165, 1.54) is 6.20 Å². The lowest BCUT2D eigenvalue weighted by molar-refractivity contribution is 0.433. The Hall–Kier alpha value is -1.75. The second-order valence-corrected chi connectivity index (χ2v) is 4.33. The van der Waals surface area contributed by atoms with Crippen LogP contribution in [0.1, 0.15) is 0 Å². The van der Waals surface area contributed by atoms with Gasteiger partial charge in [-0.2, -0.15) is 0 Å². The van der Waals surface area contributed by atoms with Crippen LogP contribution in [0.2, 0.25) is 0 Å². The minimum atomic E-state index is 0.539. The number of benzene rings is 1. The second-order valence-electron chi connectivity index (χ2n) is 3.48. The van der Waals surface area contributed by atoms with Crippen LogP contribution in [0.25, 0.3) is 22.2 Å². The fourth-order valence-corrected chi connectivity index (χ4v) is 2.35. The fourth-order valence-electron chi connectivity index (χ4n) is 1.77. The molecule has 3 rings (SSSR count). The summed E-state index contributed by atoms with van der Waals surface area (Å²) in [4.78, 5) is 3.17. The van der Waals surface area contributed by atoms with Crippen molar-refractivity contribution in [3.63, 3.8) is 0 Å². The highest BCUT2D eigenvalue weighted by Gasteiger charge is 2.14. The summed E-state index contributed by atoms with van der Waals surface area (Å²) in [6.07, 6.45) is 3.37. The van der Waals surface area contributed by atoms with Crippen molar-refractivity contribution < 1.29 is 4.52 Å². The lowest BCUT2D eigenvalue weighted by Crippen LogP contribution is -1.83. The van der Waals surface area contributed by atoms with E-state index >= 15 is 0 Å². The van der Waals surface area contributed by atoms with Gasteiger partial charge in [-0.15, -0.1) is 0 Å². The minimum Gasteiger partial charge on any atom is -0.394 e. The standard InChI is InChI=1S/C11H8BrN3O/c12-7-2-1-3-9-10(7)6(4-14-9)11-8(13)5-15-16-11/h1-5,14H,13H2. The van der Waals surface area contributed by atoms with Gasteiger partial charge in [-0.05, 0) is 12.1 Å². The van der Waals surface area contributed by atoms with Crippen molar-refractivity contribution in [1.82, 2.24) is 10.1 Å². The summed E-state index contributed by atoms with van der Waals surface area (Å²) in [5, 5.41) is 4.73. The number of H-pyrrole nitrogens is 1. The molecule has 80 valence electrons. The van der Waals surface area contributed by atoms with E-state index in [1.807, 2.05) is 24.4 Å². The molecule has 0 bridgehead atoms. The number of halogens is 1. The molecule has 3 N–H and O–H groups in total. The van der Waals surface area contributed by atoms with Gasteiger partial charge in [0, 0.05) is 27.1 Å². The molecule has 0 fully saturated rings. The smallest absolute Gasteiger partial charge is 0.191 e. The van der Waals surface area contributed by atoms with Gasteiger partial charge in [0.15, 0.2) is 5.76 Å². The van der Waals surface area contributed by atoms with Gasteiger partial charge in [0.25, 0.3) is 0 Å². The van der Waals surface area contributed by atoms with Crippen LogP contribution in [0, 0.1) is 0 Å². The van der Waals surface area contributed by atoms with Crippen LogP contribution in [0.3, 0.4) is 0 Å². The van der Waals surface area contributed by atoms with Crippen molar-refractivity contribution in [1.29, 1.82) is 0 Å². The van der Waals surface area contributed by atoms with Crippen LogP contribution in [0.4, 0.5) is 5.69 Å². The Bertz CT molecular complexity index is 656. The number of anilines is 1. The van der Waals surface area contributed by atoms with E-state index in [0.717, 1.165) is 20.9 Å². The molecule has 0 aliphatic carbocycles. The molecule has 0 spiro atoms. The predicted molar refractivity (Wildman–Crippen MR) is 65.9 cm³/mol. The number of nitrogens with two attached hydrogens (primary N) is 1. The maximum Gasteiger partial charge on any atom is 0.191 e. The number of rotatable bonds is 1. The average molecular weight is 278 g/mol. The maximum absolute atomic E-state index is 5.79. The van der Waals surface area contributed by atoms with Gasteiger partial charge in [0.2, 0.25) is 0 Å². The Morgan fingerprint density at radius 1 is 1.38 bits per heavy atom. The molecule has 16 heavy (non-hydrogen) atoms. The second kappa shape index (κ2) is 3.38. The molecule has 0 unspecified atom stereocenters. The van der Waals surface area contributed by atoms with Gasteiger partial charge in [0.1, 0.15) is 5.69 Å². The number of nitrogens with one attached hydrogen (secondary N) is 1. The summed E-state index contributed by atoms with van der Waals surface area (Å²) in [6.45, 7) is 0. The van der Waals surface area contributed by atoms with Gasteiger partial charge in [-0.1, -0.05) is 27.2 Å². The third kappa shape index (κ3) is 1.25. The van der Waals surface area contributed by atoms with E-state index in [-0.39, 0.29) is 0 Å². The molecule has 0 saturated heterocycles. The molecule has 5 heteroatoms. The van der Waals surface area contributed by atoms with E-state index in [1.54, 1.807) is 0 Å². The van der Waals surface area contributed by atoms with Gasteiger partial charge >= 0.3 is 0 Å². The number of aromatic nitrogens is 2. The first-order valence-electron chi connectivity index (χ1n) is 4.73. The molecule has 2 aromatic heterocycles. The molecule has 1 aromatic carbocycles. The number of hydrogen-bond donors (Lipinski definition) is 2. The zero-order valence-corrected chi connectivity index (χ0v) is 9.78. The van der Waals surface area contributed by atoms with Crippen molar-refractivity contribution in [2.75, 3.05) is 5.73 Å². The lowest BCUT2D eigenvalue weighted by Gasteiger charge is -1.97. The number of aromatic amines is 1. The lowest BCUT2D eigenvalue weighted by atomic mass is 10.1. The summed E-state index contributed by atoms with van der Waals surface area (Å²) in [6, 6.07) is 5.94. The van der Waals surface area contributed by atoms with Gasteiger partial charge in [-0.3, -0.25) is 0 Å². The molecule has 0 saturated carbocycles.